The van der Waals surface area contributed by atoms with E-state index in [0.29, 0.717) is 35.5 Å². The lowest BCUT2D eigenvalue weighted by atomic mass is 9.44. The number of aliphatic hydroxyl groups is 3. The number of carbonyl (C=O) groups is 1. The maximum Gasteiger partial charge on any atom is 0.190 e. The summed E-state index contributed by atoms with van der Waals surface area (Å²) in [5, 5.41) is 30.7. The molecule has 4 nitrogen and oxygen atoms in total. The molecule has 8 atom stereocenters. The van der Waals surface area contributed by atoms with E-state index in [-0.39, 0.29) is 17.3 Å². The molecule has 0 amide bonds. The first-order valence-electron chi connectivity index (χ1n) is 10.3. The largest absolute Gasteiger partial charge is 0.393 e. The normalized spacial score (nSPS) is 55.2. The predicted octanol–water partition coefficient (Wildman–Crippen LogP) is 2.68. The van der Waals surface area contributed by atoms with Crippen molar-refractivity contribution in [1.82, 2.24) is 0 Å². The highest BCUT2D eigenvalue weighted by atomic mass is 16.3. The molecule has 4 aliphatic carbocycles. The fourth-order valence-corrected chi connectivity index (χ4v) is 7.84. The summed E-state index contributed by atoms with van der Waals surface area (Å²) in [5.41, 5.74) is -1.41. The van der Waals surface area contributed by atoms with Crippen molar-refractivity contribution in [3.05, 3.63) is 0 Å². The molecule has 3 N–H and O–H groups in total. The first kappa shape index (κ1) is 17.9. The van der Waals surface area contributed by atoms with Gasteiger partial charge in [-0.3, -0.25) is 4.79 Å². The summed E-state index contributed by atoms with van der Waals surface area (Å²) in [6, 6.07) is 0. The number of hydrogen-bond acceptors (Lipinski definition) is 4. The maximum absolute atomic E-state index is 12.4. The molecule has 4 rings (SSSR count). The van der Waals surface area contributed by atoms with Crippen molar-refractivity contribution in [2.45, 2.75) is 83.3 Å². The first-order chi connectivity index (χ1) is 11.8. The molecule has 0 heterocycles. The van der Waals surface area contributed by atoms with Crippen molar-refractivity contribution in [1.29, 1.82) is 0 Å². The third-order valence-corrected chi connectivity index (χ3v) is 9.39. The van der Waals surface area contributed by atoms with Crippen molar-refractivity contribution in [3.8, 4) is 0 Å². The van der Waals surface area contributed by atoms with Crippen molar-refractivity contribution < 1.29 is 20.1 Å². The summed E-state index contributed by atoms with van der Waals surface area (Å²) < 4.78 is 0. The van der Waals surface area contributed by atoms with Crippen LogP contribution < -0.4 is 0 Å². The van der Waals surface area contributed by atoms with Gasteiger partial charge in [-0.25, -0.2) is 0 Å². The van der Waals surface area contributed by atoms with Gasteiger partial charge in [-0.15, -0.1) is 0 Å². The van der Waals surface area contributed by atoms with Crippen LogP contribution in [0.25, 0.3) is 0 Å². The number of carbonyl (C=O) groups excluding carboxylic acids is 1. The third kappa shape index (κ3) is 2.26. The van der Waals surface area contributed by atoms with Crippen molar-refractivity contribution >= 4 is 5.78 Å². The Bertz CT molecular complexity index is 562. The molecule has 0 unspecified atom stereocenters. The molecule has 0 aromatic heterocycles. The lowest BCUT2D eigenvalue weighted by molar-refractivity contribution is -0.174. The zero-order valence-corrected chi connectivity index (χ0v) is 15.7. The highest BCUT2D eigenvalue weighted by molar-refractivity contribution is 5.89. The lowest BCUT2D eigenvalue weighted by Crippen LogP contribution is -2.59. The van der Waals surface area contributed by atoms with E-state index in [1.165, 1.54) is 12.8 Å². The van der Waals surface area contributed by atoms with Crippen LogP contribution in [0.2, 0.25) is 0 Å². The van der Waals surface area contributed by atoms with Crippen LogP contribution in [-0.4, -0.2) is 39.4 Å². The molecule has 0 aliphatic heterocycles. The molecule has 4 heteroatoms. The molecular formula is C21H34O4. The number of fused-ring (bicyclic) bond motifs is 5. The average Bonchev–Trinajstić information content (AvgIpc) is 2.87. The highest BCUT2D eigenvalue weighted by Crippen LogP contribution is 2.68. The molecule has 0 spiro atoms. The highest BCUT2D eigenvalue weighted by Gasteiger charge is 2.66. The number of aliphatic hydroxyl groups excluding tert-OH is 2. The Morgan fingerprint density at radius 1 is 1.00 bits per heavy atom. The second-order valence-electron chi connectivity index (χ2n) is 10.0. The molecule has 0 saturated heterocycles. The molecular weight excluding hydrogens is 316 g/mol. The topological polar surface area (TPSA) is 77.8 Å². The van der Waals surface area contributed by atoms with Gasteiger partial charge in [-0.2, -0.15) is 0 Å². The minimum absolute atomic E-state index is 0.123. The molecule has 4 aliphatic rings. The maximum atomic E-state index is 12.4. The van der Waals surface area contributed by atoms with Crippen LogP contribution in [-0.2, 0) is 4.79 Å². The van der Waals surface area contributed by atoms with Crippen molar-refractivity contribution in [2.24, 2.45) is 34.5 Å². The second kappa shape index (κ2) is 5.77. The van der Waals surface area contributed by atoms with Crippen LogP contribution in [0.3, 0.4) is 0 Å². The van der Waals surface area contributed by atoms with Gasteiger partial charge in [-0.05, 0) is 86.9 Å². The number of Topliss-reactive ketones (excluding diaryl/α,β-unsaturated/α-hetero) is 1. The van der Waals surface area contributed by atoms with E-state index in [0.717, 1.165) is 38.5 Å². The zero-order chi connectivity index (χ0) is 18.0. The van der Waals surface area contributed by atoms with E-state index in [1.807, 2.05) is 0 Å². The van der Waals surface area contributed by atoms with Crippen LogP contribution in [0.4, 0.5) is 0 Å². The van der Waals surface area contributed by atoms with Gasteiger partial charge < -0.3 is 15.3 Å². The predicted molar refractivity (Wildman–Crippen MR) is 94.8 cm³/mol. The van der Waals surface area contributed by atoms with Crippen LogP contribution in [0.5, 0.6) is 0 Å². The van der Waals surface area contributed by atoms with Gasteiger partial charge in [0.2, 0.25) is 0 Å². The summed E-state index contributed by atoms with van der Waals surface area (Å²) in [4.78, 5) is 12.4. The van der Waals surface area contributed by atoms with Gasteiger partial charge in [0.05, 0.1) is 6.10 Å². The Balaban J connectivity index is 1.63. The van der Waals surface area contributed by atoms with E-state index in [9.17, 15) is 20.1 Å². The van der Waals surface area contributed by atoms with Crippen LogP contribution in [0.1, 0.15) is 71.6 Å². The van der Waals surface area contributed by atoms with Crippen molar-refractivity contribution in [3.63, 3.8) is 0 Å². The minimum atomic E-state index is -1.34. The Morgan fingerprint density at radius 2 is 1.72 bits per heavy atom. The number of rotatable bonds is 2. The van der Waals surface area contributed by atoms with Gasteiger partial charge >= 0.3 is 0 Å². The van der Waals surface area contributed by atoms with Crippen LogP contribution in [0, 0.1) is 34.5 Å². The average molecular weight is 350 g/mol. The summed E-state index contributed by atoms with van der Waals surface area (Å²) in [6.45, 7) is 4.00. The summed E-state index contributed by atoms with van der Waals surface area (Å²) in [5.74, 6) is 1.87. The molecule has 0 bridgehead atoms. The third-order valence-electron chi connectivity index (χ3n) is 9.39. The smallest absolute Gasteiger partial charge is 0.190 e. The van der Waals surface area contributed by atoms with E-state index in [4.69, 9.17) is 0 Å². The Kier molecular flexibility index (Phi) is 4.14. The van der Waals surface area contributed by atoms with Gasteiger partial charge in [0.1, 0.15) is 12.2 Å². The van der Waals surface area contributed by atoms with Crippen LogP contribution >= 0.6 is 0 Å². The van der Waals surface area contributed by atoms with Crippen LogP contribution in [0.15, 0.2) is 0 Å². The molecule has 4 saturated carbocycles. The van der Waals surface area contributed by atoms with Gasteiger partial charge in [0.25, 0.3) is 0 Å². The molecule has 4 fully saturated rings. The molecule has 0 aromatic rings. The van der Waals surface area contributed by atoms with Gasteiger partial charge in [-0.1, -0.05) is 13.8 Å². The Morgan fingerprint density at radius 3 is 2.44 bits per heavy atom. The lowest BCUT2D eigenvalue weighted by Gasteiger charge is -2.61. The summed E-state index contributed by atoms with van der Waals surface area (Å²) >= 11 is 0. The standard InChI is InChI=1S/C21H34O4/c1-19-8-5-14(23)11-13(19)3-4-15-16(19)6-9-20(2)17(15)7-10-21(20,25)18(24)12-22/h13-17,22-23,25H,3-12H2,1-2H3/t13-,14+,15-,16+,17+,19+,20+,21+/m1/s1. The first-order valence-corrected chi connectivity index (χ1v) is 10.3. The Labute approximate surface area is 151 Å². The summed E-state index contributed by atoms with van der Waals surface area (Å²) in [6.07, 6.45) is 8.58. The van der Waals surface area contributed by atoms with Crippen molar-refractivity contribution in [2.75, 3.05) is 6.61 Å². The van der Waals surface area contributed by atoms with Gasteiger partial charge in [0.15, 0.2) is 5.78 Å². The fraction of sp³-hybridized carbons (Fsp3) is 0.952. The van der Waals surface area contributed by atoms with E-state index >= 15 is 0 Å². The Hall–Kier alpha value is -0.450. The van der Waals surface area contributed by atoms with E-state index in [2.05, 4.69) is 13.8 Å². The SMILES string of the molecule is C[C@]12CC[C@H](O)C[C@H]1CC[C@@H]1[C@@H]2CC[C@@]2(C)[C@H]1CC[C@]2(O)C(=O)CO. The summed E-state index contributed by atoms with van der Waals surface area (Å²) in [7, 11) is 0. The van der Waals surface area contributed by atoms with E-state index in [1.54, 1.807) is 0 Å². The molecule has 25 heavy (non-hydrogen) atoms. The monoisotopic (exact) mass is 350 g/mol. The fourth-order valence-electron chi connectivity index (χ4n) is 7.84. The van der Waals surface area contributed by atoms with Gasteiger partial charge in [0, 0.05) is 5.41 Å². The molecule has 0 radical (unpaired) electrons. The number of hydrogen-bond donors (Lipinski definition) is 3. The zero-order valence-electron chi connectivity index (χ0n) is 15.7. The molecule has 142 valence electrons. The quantitative estimate of drug-likeness (QED) is 0.715. The van der Waals surface area contributed by atoms with E-state index < -0.39 is 12.2 Å². The number of ketones is 1. The molecule has 0 aromatic carbocycles. The second-order valence-corrected chi connectivity index (χ2v) is 10.0. The minimum Gasteiger partial charge on any atom is -0.393 e.